The first-order chi connectivity index (χ1) is 15.0. The maximum absolute atomic E-state index is 13.2. The van der Waals surface area contributed by atoms with E-state index in [0.717, 1.165) is 29.9 Å². The molecule has 2 aliphatic heterocycles. The molecule has 2 unspecified atom stereocenters. The first-order valence-electron chi connectivity index (χ1n) is 10.6. The third kappa shape index (κ3) is 3.95. The Morgan fingerprint density at radius 2 is 2.00 bits per heavy atom. The highest BCUT2D eigenvalue weighted by atomic mass is 16.1. The van der Waals surface area contributed by atoms with Crippen LogP contribution in [0.25, 0.3) is 11.8 Å². The number of carbonyl (C=O) groups excluding carboxylic acids is 2. The van der Waals surface area contributed by atoms with Gasteiger partial charge in [0.15, 0.2) is 11.6 Å². The number of rotatable bonds is 7. The molecule has 0 N–H and O–H groups in total. The lowest BCUT2D eigenvalue weighted by atomic mass is 10.00. The van der Waals surface area contributed by atoms with Gasteiger partial charge in [-0.2, -0.15) is 10.5 Å². The SMILES string of the molecule is Cc1c(C(=O)CN2C3CCC2C(=O)C3)cc(/C=C/CCC#N)n1-c1ccc(C#N)cc1. The molecule has 2 aromatic rings. The van der Waals surface area contributed by atoms with Crippen molar-refractivity contribution in [1.29, 1.82) is 10.5 Å². The minimum atomic E-state index is -0.0970. The number of nitrogens with zero attached hydrogens (tertiary/aromatic N) is 4. The van der Waals surface area contributed by atoms with E-state index in [4.69, 9.17) is 10.5 Å². The molecule has 4 rings (SSSR count). The van der Waals surface area contributed by atoms with E-state index >= 15 is 0 Å². The minimum Gasteiger partial charge on any atom is -0.314 e. The van der Waals surface area contributed by atoms with Crippen LogP contribution < -0.4 is 0 Å². The first-order valence-corrected chi connectivity index (χ1v) is 10.6. The fraction of sp³-hybridized carbons (Fsp3) is 0.360. The summed E-state index contributed by atoms with van der Waals surface area (Å²) in [5.74, 6) is 0.278. The highest BCUT2D eigenvalue weighted by Gasteiger charge is 2.46. The molecule has 1 aromatic carbocycles. The van der Waals surface area contributed by atoms with Gasteiger partial charge in [-0.05, 0) is 62.6 Å². The molecule has 2 aliphatic rings. The summed E-state index contributed by atoms with van der Waals surface area (Å²) < 4.78 is 2.00. The maximum Gasteiger partial charge on any atom is 0.178 e. The summed E-state index contributed by atoms with van der Waals surface area (Å²) in [4.78, 5) is 27.4. The van der Waals surface area contributed by atoms with Gasteiger partial charge in [-0.25, -0.2) is 0 Å². The van der Waals surface area contributed by atoms with Gasteiger partial charge in [0.25, 0.3) is 0 Å². The summed E-state index contributed by atoms with van der Waals surface area (Å²) >= 11 is 0. The fourth-order valence-electron chi connectivity index (χ4n) is 4.78. The van der Waals surface area contributed by atoms with E-state index in [-0.39, 0.29) is 30.2 Å². The molecule has 2 fully saturated rings. The normalized spacial score (nSPS) is 20.3. The number of nitriles is 2. The Morgan fingerprint density at radius 1 is 1.23 bits per heavy atom. The fourth-order valence-corrected chi connectivity index (χ4v) is 4.78. The number of fused-ring (bicyclic) bond motifs is 2. The number of Topliss-reactive ketones (excluding diaryl/α,β-unsaturated/α-hetero) is 2. The van der Waals surface area contributed by atoms with Gasteiger partial charge >= 0.3 is 0 Å². The standard InChI is InChI=1S/C25H24N4O2/c1-17-22(25(31)16-28-20-10-11-23(28)24(30)14-20)13-21(5-3-2-4-12-26)29(17)19-8-6-18(15-27)7-9-19/h3,5-9,13,20,23H,2,4,10-11,14,16H2,1H3/b5-3+. The summed E-state index contributed by atoms with van der Waals surface area (Å²) in [6.45, 7) is 2.18. The third-order valence-electron chi connectivity index (χ3n) is 6.32. The molecular weight excluding hydrogens is 388 g/mol. The molecule has 1 aromatic heterocycles. The Labute approximate surface area is 182 Å². The van der Waals surface area contributed by atoms with Crippen LogP contribution in [0.5, 0.6) is 0 Å². The van der Waals surface area contributed by atoms with Crippen molar-refractivity contribution >= 4 is 17.6 Å². The first kappa shape index (κ1) is 20.8. The predicted molar refractivity (Wildman–Crippen MR) is 117 cm³/mol. The van der Waals surface area contributed by atoms with Crippen molar-refractivity contribution in [2.45, 2.75) is 51.1 Å². The van der Waals surface area contributed by atoms with Crippen LogP contribution >= 0.6 is 0 Å². The zero-order chi connectivity index (χ0) is 22.0. The van der Waals surface area contributed by atoms with Crippen LogP contribution in [0.3, 0.4) is 0 Å². The number of allylic oxidation sites excluding steroid dienone is 1. The summed E-state index contributed by atoms with van der Waals surface area (Å²) in [7, 11) is 0. The van der Waals surface area contributed by atoms with Crippen LogP contribution in [0.15, 0.2) is 36.4 Å². The van der Waals surface area contributed by atoms with Crippen molar-refractivity contribution in [1.82, 2.24) is 9.47 Å². The number of carbonyl (C=O) groups is 2. The summed E-state index contributed by atoms with van der Waals surface area (Å²) in [5, 5.41) is 17.9. The van der Waals surface area contributed by atoms with Gasteiger partial charge < -0.3 is 4.57 Å². The molecule has 2 atom stereocenters. The molecule has 0 radical (unpaired) electrons. The molecule has 0 aliphatic carbocycles. The zero-order valence-corrected chi connectivity index (χ0v) is 17.5. The van der Waals surface area contributed by atoms with Crippen LogP contribution in [0.2, 0.25) is 0 Å². The van der Waals surface area contributed by atoms with Crippen molar-refractivity contribution in [3.63, 3.8) is 0 Å². The Morgan fingerprint density at radius 3 is 2.61 bits per heavy atom. The van der Waals surface area contributed by atoms with E-state index in [1.165, 1.54) is 0 Å². The molecule has 6 heteroatoms. The highest BCUT2D eigenvalue weighted by molar-refractivity contribution is 6.00. The van der Waals surface area contributed by atoms with E-state index in [0.29, 0.717) is 30.4 Å². The van der Waals surface area contributed by atoms with Gasteiger partial charge in [0.2, 0.25) is 0 Å². The Balaban J connectivity index is 1.66. The van der Waals surface area contributed by atoms with Crippen molar-refractivity contribution < 1.29 is 9.59 Å². The largest absolute Gasteiger partial charge is 0.314 e. The number of benzene rings is 1. The molecule has 0 spiro atoms. The van der Waals surface area contributed by atoms with Gasteiger partial charge in [-0.1, -0.05) is 6.08 Å². The maximum atomic E-state index is 13.2. The van der Waals surface area contributed by atoms with Crippen molar-refractivity contribution in [2.24, 2.45) is 0 Å². The zero-order valence-electron chi connectivity index (χ0n) is 17.5. The van der Waals surface area contributed by atoms with Crippen LogP contribution in [0.1, 0.15) is 59.4 Å². The van der Waals surface area contributed by atoms with E-state index in [9.17, 15) is 9.59 Å². The van der Waals surface area contributed by atoms with Crippen molar-refractivity contribution in [3.05, 3.63) is 58.9 Å². The molecule has 31 heavy (non-hydrogen) atoms. The molecule has 2 saturated heterocycles. The van der Waals surface area contributed by atoms with E-state index in [2.05, 4.69) is 17.0 Å². The Bertz CT molecular complexity index is 1130. The van der Waals surface area contributed by atoms with Gasteiger partial charge in [-0.15, -0.1) is 0 Å². The molecule has 3 heterocycles. The molecule has 0 saturated carbocycles. The summed E-state index contributed by atoms with van der Waals surface area (Å²) in [6.07, 6.45) is 7.35. The Kier molecular flexibility index (Phi) is 5.84. The van der Waals surface area contributed by atoms with E-state index in [1.54, 1.807) is 12.1 Å². The molecular formula is C25H24N4O2. The average Bonchev–Trinajstić information content (AvgIpc) is 3.41. The lowest BCUT2D eigenvalue weighted by Gasteiger charge is -2.19. The van der Waals surface area contributed by atoms with Crippen LogP contribution in [0.4, 0.5) is 0 Å². The molecule has 156 valence electrons. The summed E-state index contributed by atoms with van der Waals surface area (Å²) in [6, 6.07) is 13.5. The molecule has 0 amide bonds. The number of ketones is 2. The van der Waals surface area contributed by atoms with Crippen molar-refractivity contribution in [2.75, 3.05) is 6.54 Å². The second kappa shape index (κ2) is 8.71. The minimum absolute atomic E-state index is 0.0168. The van der Waals surface area contributed by atoms with Gasteiger partial charge in [-0.3, -0.25) is 14.5 Å². The molecule has 6 nitrogen and oxygen atoms in total. The van der Waals surface area contributed by atoms with Gasteiger partial charge in [0, 0.05) is 41.5 Å². The number of aromatic nitrogens is 1. The highest BCUT2D eigenvalue weighted by Crippen LogP contribution is 2.35. The lowest BCUT2D eigenvalue weighted by Crippen LogP contribution is -2.35. The topological polar surface area (TPSA) is 89.9 Å². The lowest BCUT2D eigenvalue weighted by molar-refractivity contribution is -0.120. The second-order valence-corrected chi connectivity index (χ2v) is 8.17. The van der Waals surface area contributed by atoms with Crippen LogP contribution in [0, 0.1) is 29.6 Å². The molecule has 2 bridgehead atoms. The number of unbranched alkanes of at least 4 members (excludes halogenated alkanes) is 1. The van der Waals surface area contributed by atoms with Crippen molar-refractivity contribution in [3.8, 4) is 17.8 Å². The third-order valence-corrected chi connectivity index (χ3v) is 6.32. The van der Waals surface area contributed by atoms with Crippen LogP contribution in [-0.4, -0.2) is 39.7 Å². The monoisotopic (exact) mass is 412 g/mol. The van der Waals surface area contributed by atoms with Gasteiger partial charge in [0.1, 0.15) is 0 Å². The second-order valence-electron chi connectivity index (χ2n) is 8.17. The van der Waals surface area contributed by atoms with E-state index in [1.807, 2.05) is 41.8 Å². The van der Waals surface area contributed by atoms with Gasteiger partial charge in [0.05, 0.1) is 30.3 Å². The quantitative estimate of drug-likeness (QED) is 0.507. The van der Waals surface area contributed by atoms with Crippen LogP contribution in [-0.2, 0) is 4.79 Å². The Hall–Kier alpha value is -3.48. The van der Waals surface area contributed by atoms with E-state index < -0.39 is 0 Å². The average molecular weight is 412 g/mol. The summed E-state index contributed by atoms with van der Waals surface area (Å²) in [5.41, 5.74) is 3.76. The smallest absolute Gasteiger partial charge is 0.178 e. The predicted octanol–water partition coefficient (Wildman–Crippen LogP) is 3.96. The number of hydrogen-bond donors (Lipinski definition) is 0. The number of hydrogen-bond acceptors (Lipinski definition) is 5.